The zero-order chi connectivity index (χ0) is 33.4. The van der Waals surface area contributed by atoms with Crippen LogP contribution < -0.4 is 14.8 Å². The number of rotatable bonds is 7. The summed E-state index contributed by atoms with van der Waals surface area (Å²) in [6, 6.07) is 39.6. The lowest BCUT2D eigenvalue weighted by molar-refractivity contribution is -0.121. The Kier molecular flexibility index (Phi) is 8.45. The molecule has 1 fully saturated rings. The smallest absolute Gasteiger partial charge is 0.243 e. The first-order valence-corrected chi connectivity index (χ1v) is 17.7. The number of hydrogen-bond acceptors (Lipinski definition) is 5. The third-order valence-electron chi connectivity index (χ3n) is 9.55. The lowest BCUT2D eigenvalue weighted by Gasteiger charge is -2.30. The normalized spacial score (nSPS) is 15.1. The van der Waals surface area contributed by atoms with Crippen LogP contribution in [0.3, 0.4) is 0 Å². The van der Waals surface area contributed by atoms with Crippen molar-refractivity contribution in [3.05, 3.63) is 127 Å². The number of anilines is 2. The monoisotopic (exact) mass is 656 g/mol. The van der Waals surface area contributed by atoms with Crippen LogP contribution in [0.15, 0.2) is 131 Å². The molecule has 0 saturated carbocycles. The Bertz CT molecular complexity index is 2270. The second-order valence-corrected chi connectivity index (χ2v) is 14.3. The van der Waals surface area contributed by atoms with Crippen molar-refractivity contribution in [3.8, 4) is 22.5 Å². The molecule has 0 spiro atoms. The molecule has 0 unspecified atom stereocenters. The number of fused-ring (bicyclic) bond motifs is 2. The standard InChI is InChI=1S/C40H38N3O4S/c1-28(44)29-22-24-43(25-23-29)48(45,46)39-17-11-10-16-36(39)40-34-20-18-32(41(2)30-12-6-4-7-13-30)26-37(34)47-38-27-33(19-21-35(38)40)42(3)31-14-8-5-9-15-31/h4-21,26-27,29H,22-25H2,1-3H3/q+1. The molecule has 1 aliphatic carbocycles. The fraction of sp³-hybridized carbons (Fsp3) is 0.200. The fourth-order valence-corrected chi connectivity index (χ4v) is 8.38. The van der Waals surface area contributed by atoms with E-state index in [-0.39, 0.29) is 16.6 Å². The molecule has 7 nitrogen and oxygen atoms in total. The molecule has 2 heterocycles. The van der Waals surface area contributed by atoms with Gasteiger partial charge in [0, 0.05) is 83.8 Å². The first kappa shape index (κ1) is 31.5. The molecule has 4 aromatic rings. The van der Waals surface area contributed by atoms with E-state index < -0.39 is 10.0 Å². The first-order valence-electron chi connectivity index (χ1n) is 16.2. The molecule has 1 saturated heterocycles. The lowest BCUT2D eigenvalue weighted by Crippen LogP contribution is -2.40. The number of para-hydroxylation sites is 2. The van der Waals surface area contributed by atoms with E-state index in [1.807, 2.05) is 99.0 Å². The molecule has 0 aromatic heterocycles. The molecule has 4 aromatic carbocycles. The van der Waals surface area contributed by atoms with Crippen LogP contribution in [-0.4, -0.2) is 45.7 Å². The van der Waals surface area contributed by atoms with Crippen molar-refractivity contribution < 1.29 is 17.6 Å². The number of carbonyl (C=O) groups excluding carboxylic acids is 1. The van der Waals surface area contributed by atoms with Crippen LogP contribution in [0.25, 0.3) is 33.4 Å². The Balaban J connectivity index is 1.44. The van der Waals surface area contributed by atoms with Crippen LogP contribution in [0.1, 0.15) is 19.8 Å². The quantitative estimate of drug-likeness (QED) is 0.130. The van der Waals surface area contributed by atoms with Crippen LogP contribution >= 0.6 is 0 Å². The van der Waals surface area contributed by atoms with Gasteiger partial charge in [-0.3, -0.25) is 4.79 Å². The molecule has 3 aliphatic rings. The van der Waals surface area contributed by atoms with Gasteiger partial charge in [-0.05, 0) is 56.2 Å². The third kappa shape index (κ3) is 5.82. The molecular formula is C40H38N3O4S+. The van der Waals surface area contributed by atoms with Crippen LogP contribution in [-0.2, 0) is 14.8 Å². The maximum atomic E-state index is 14.3. The van der Waals surface area contributed by atoms with E-state index in [1.54, 1.807) is 19.1 Å². The summed E-state index contributed by atoms with van der Waals surface area (Å²) in [5, 5.41) is 1.75. The molecule has 0 N–H and O–H groups in total. The summed E-state index contributed by atoms with van der Waals surface area (Å²) >= 11 is 0. The zero-order valence-electron chi connectivity index (χ0n) is 27.3. The second kappa shape index (κ2) is 12.9. The van der Waals surface area contributed by atoms with E-state index >= 15 is 0 Å². The minimum Gasteiger partial charge on any atom is -0.456 e. The summed E-state index contributed by atoms with van der Waals surface area (Å²) in [6.45, 7) is 2.22. The molecule has 0 atom stereocenters. The van der Waals surface area contributed by atoms with Crippen molar-refractivity contribution in [2.45, 2.75) is 24.7 Å². The highest BCUT2D eigenvalue weighted by Gasteiger charge is 2.33. The van der Waals surface area contributed by atoms with E-state index in [1.165, 1.54) is 4.31 Å². The van der Waals surface area contributed by atoms with Crippen molar-refractivity contribution in [2.24, 2.45) is 5.92 Å². The van der Waals surface area contributed by atoms with Gasteiger partial charge >= 0.3 is 0 Å². The van der Waals surface area contributed by atoms with Gasteiger partial charge in [0.1, 0.15) is 24.2 Å². The first-order chi connectivity index (χ1) is 23.2. The fourth-order valence-electron chi connectivity index (χ4n) is 6.72. The van der Waals surface area contributed by atoms with E-state index in [9.17, 15) is 13.2 Å². The topological polar surface area (TPSA) is 73.8 Å². The number of piperidine rings is 1. The Labute approximate surface area is 281 Å². The van der Waals surface area contributed by atoms with Gasteiger partial charge in [-0.2, -0.15) is 8.88 Å². The molecule has 2 aliphatic heterocycles. The van der Waals surface area contributed by atoms with Gasteiger partial charge in [-0.25, -0.2) is 8.42 Å². The highest BCUT2D eigenvalue weighted by Crippen LogP contribution is 2.44. The Morgan fingerprint density at radius 2 is 1.46 bits per heavy atom. The average Bonchev–Trinajstić information content (AvgIpc) is 3.13. The van der Waals surface area contributed by atoms with Crippen molar-refractivity contribution in [3.63, 3.8) is 0 Å². The van der Waals surface area contributed by atoms with Gasteiger partial charge < -0.3 is 9.32 Å². The Morgan fingerprint density at radius 1 is 0.792 bits per heavy atom. The summed E-state index contributed by atoms with van der Waals surface area (Å²) in [5.74, 6) is 0.668. The van der Waals surface area contributed by atoms with Gasteiger partial charge in [0.2, 0.25) is 21.1 Å². The molecule has 242 valence electrons. The maximum Gasteiger partial charge on any atom is 0.243 e. The van der Waals surface area contributed by atoms with Crippen molar-refractivity contribution >= 4 is 43.8 Å². The van der Waals surface area contributed by atoms with Crippen LogP contribution in [0, 0.1) is 5.92 Å². The minimum absolute atomic E-state index is 0.0956. The molecule has 7 rings (SSSR count). The van der Waals surface area contributed by atoms with Crippen LogP contribution in [0.2, 0.25) is 0 Å². The van der Waals surface area contributed by atoms with Crippen LogP contribution in [0.4, 0.5) is 17.1 Å². The number of Topliss-reactive ketones (excluding diaryl/α,β-unsaturated/α-hetero) is 1. The van der Waals surface area contributed by atoms with Crippen LogP contribution in [0.5, 0.6) is 0 Å². The Morgan fingerprint density at radius 3 is 2.17 bits per heavy atom. The average molecular weight is 657 g/mol. The number of carbonyl (C=O) groups is 1. The Hall–Kier alpha value is -5.05. The number of ketones is 1. The summed E-state index contributed by atoms with van der Waals surface area (Å²) in [4.78, 5) is 14.4. The number of nitrogens with zero attached hydrogens (tertiary/aromatic N) is 3. The molecule has 0 amide bonds. The summed E-state index contributed by atoms with van der Waals surface area (Å²) in [6.07, 6.45) is 1.06. The minimum atomic E-state index is -3.87. The third-order valence-corrected chi connectivity index (χ3v) is 11.5. The van der Waals surface area contributed by atoms with E-state index in [2.05, 4.69) is 33.7 Å². The van der Waals surface area contributed by atoms with Crippen molar-refractivity contribution in [2.75, 3.05) is 32.1 Å². The number of hydrogen-bond donors (Lipinski definition) is 0. The predicted molar refractivity (Wildman–Crippen MR) is 192 cm³/mol. The molecule has 48 heavy (non-hydrogen) atoms. The van der Waals surface area contributed by atoms with Gasteiger partial charge in [-0.1, -0.05) is 54.6 Å². The largest absolute Gasteiger partial charge is 0.456 e. The van der Waals surface area contributed by atoms with E-state index in [0.29, 0.717) is 42.8 Å². The SMILES string of the molecule is CC(=O)C1CCN(S(=O)(=O)c2ccccc2-c2c3ccc(=[N+](C)c4ccccc4)cc-3oc3cc(N(C)c4ccccc4)ccc23)CC1. The molecule has 0 bridgehead atoms. The number of sulfonamides is 1. The van der Waals surface area contributed by atoms with Gasteiger partial charge in [0.05, 0.1) is 11.0 Å². The lowest BCUT2D eigenvalue weighted by atomic mass is 9.93. The van der Waals surface area contributed by atoms with Gasteiger partial charge in [0.25, 0.3) is 0 Å². The zero-order valence-corrected chi connectivity index (χ0v) is 28.2. The second-order valence-electron chi connectivity index (χ2n) is 12.4. The predicted octanol–water partition coefficient (Wildman–Crippen LogP) is 7.70. The van der Waals surface area contributed by atoms with E-state index in [0.717, 1.165) is 38.9 Å². The molecular weight excluding hydrogens is 619 g/mol. The molecule has 0 radical (unpaired) electrons. The highest BCUT2D eigenvalue weighted by atomic mass is 32.2. The van der Waals surface area contributed by atoms with Gasteiger partial charge in [0.15, 0.2) is 0 Å². The summed E-state index contributed by atoms with van der Waals surface area (Å²) < 4.78 is 39.0. The maximum absolute atomic E-state index is 14.3. The molecule has 8 heteroatoms. The highest BCUT2D eigenvalue weighted by molar-refractivity contribution is 7.89. The van der Waals surface area contributed by atoms with Crippen molar-refractivity contribution in [1.82, 2.24) is 8.88 Å². The van der Waals surface area contributed by atoms with E-state index in [4.69, 9.17) is 4.42 Å². The number of benzene rings is 5. The van der Waals surface area contributed by atoms with Crippen molar-refractivity contribution in [1.29, 1.82) is 0 Å². The summed E-state index contributed by atoms with van der Waals surface area (Å²) in [7, 11) is 0.165. The van der Waals surface area contributed by atoms with Gasteiger partial charge in [-0.15, -0.1) is 0 Å². The summed E-state index contributed by atoms with van der Waals surface area (Å²) in [5.41, 5.74) is 5.89.